The fourth-order valence-corrected chi connectivity index (χ4v) is 3.99. The maximum absolute atomic E-state index is 11.9. The normalized spacial score (nSPS) is 22.9. The first kappa shape index (κ1) is 16.2. The van der Waals surface area contributed by atoms with Crippen molar-refractivity contribution < 1.29 is 13.2 Å². The third-order valence-corrected chi connectivity index (χ3v) is 5.13. The molecule has 0 bridgehead atoms. The average Bonchev–Trinajstić information content (AvgIpc) is 2.48. The fraction of sp³-hybridized carbons (Fsp3) is 0.714. The molecule has 6 nitrogen and oxygen atoms in total. The largest absolute Gasteiger partial charge is 0.473 e. The number of hydrogen-bond donors (Lipinski definition) is 1. The molecule has 21 heavy (non-hydrogen) atoms. The van der Waals surface area contributed by atoms with Crippen molar-refractivity contribution in [3.63, 3.8) is 0 Å². The lowest BCUT2D eigenvalue weighted by Gasteiger charge is -2.28. The number of rotatable bonds is 7. The maximum Gasteiger partial charge on any atom is 0.232 e. The molecule has 1 saturated carbocycles. The Bertz CT molecular complexity index is 514. The minimum Gasteiger partial charge on any atom is -0.473 e. The monoisotopic (exact) mass is 313 g/mol. The number of unbranched alkanes of at least 4 members (excludes halogenated alkanes) is 1. The van der Waals surface area contributed by atoms with Crippen LogP contribution in [-0.2, 0) is 10.0 Å². The van der Waals surface area contributed by atoms with E-state index in [-0.39, 0.29) is 17.9 Å². The summed E-state index contributed by atoms with van der Waals surface area (Å²) in [5, 5.41) is 0. The number of hydrogen-bond acceptors (Lipinski definition) is 5. The Balaban J connectivity index is 1.75. The van der Waals surface area contributed by atoms with Gasteiger partial charge in [0, 0.05) is 18.4 Å². The Hall–Kier alpha value is -1.21. The van der Waals surface area contributed by atoms with Crippen LogP contribution in [0.25, 0.3) is 0 Å². The summed E-state index contributed by atoms with van der Waals surface area (Å²) in [7, 11) is -3.13. The first-order valence-corrected chi connectivity index (χ1v) is 9.17. The lowest BCUT2D eigenvalue weighted by atomic mass is 9.94. The Labute approximate surface area is 126 Å². The summed E-state index contributed by atoms with van der Waals surface area (Å²) in [5.74, 6) is 0.754. The second-order valence-electron chi connectivity index (χ2n) is 5.43. The number of nitrogens with zero attached hydrogens (tertiary/aromatic N) is 2. The molecule has 0 saturated heterocycles. The smallest absolute Gasteiger partial charge is 0.232 e. The molecular weight excluding hydrogens is 290 g/mol. The number of nitrogens with one attached hydrogen (secondary N) is 1. The highest BCUT2D eigenvalue weighted by Gasteiger charge is 2.25. The fourth-order valence-electron chi connectivity index (χ4n) is 2.46. The molecule has 1 aliphatic carbocycles. The van der Waals surface area contributed by atoms with Gasteiger partial charge in [-0.3, -0.25) is 4.98 Å². The maximum atomic E-state index is 11.9. The van der Waals surface area contributed by atoms with Crippen molar-refractivity contribution in [1.29, 1.82) is 0 Å². The Kier molecular flexibility index (Phi) is 5.93. The number of ether oxygens (including phenoxy) is 1. The van der Waals surface area contributed by atoms with Crippen LogP contribution in [0.4, 0.5) is 0 Å². The van der Waals surface area contributed by atoms with Crippen LogP contribution in [0.15, 0.2) is 18.6 Å². The number of aromatic nitrogens is 2. The molecule has 1 aromatic rings. The molecule has 1 aromatic heterocycles. The highest BCUT2D eigenvalue weighted by Crippen LogP contribution is 2.23. The SMILES string of the molecule is CCCCS(=O)(=O)NC1CCC(Oc2cnccn2)CC1. The van der Waals surface area contributed by atoms with Crippen LogP contribution in [0.5, 0.6) is 5.88 Å². The van der Waals surface area contributed by atoms with E-state index in [1.54, 1.807) is 18.6 Å². The highest BCUT2D eigenvalue weighted by atomic mass is 32.2. The molecule has 0 atom stereocenters. The van der Waals surface area contributed by atoms with Gasteiger partial charge in [-0.2, -0.15) is 0 Å². The average molecular weight is 313 g/mol. The van der Waals surface area contributed by atoms with Crippen molar-refractivity contribution >= 4 is 10.0 Å². The van der Waals surface area contributed by atoms with Crippen LogP contribution in [0, 0.1) is 0 Å². The van der Waals surface area contributed by atoms with E-state index in [2.05, 4.69) is 14.7 Å². The summed E-state index contributed by atoms with van der Waals surface area (Å²) < 4.78 is 32.3. The molecule has 1 N–H and O–H groups in total. The lowest BCUT2D eigenvalue weighted by Crippen LogP contribution is -2.40. The molecule has 1 fully saturated rings. The van der Waals surface area contributed by atoms with Gasteiger partial charge in [0.1, 0.15) is 6.10 Å². The summed E-state index contributed by atoms with van der Waals surface area (Å²) in [4.78, 5) is 8.05. The third-order valence-electron chi connectivity index (χ3n) is 3.61. The van der Waals surface area contributed by atoms with E-state index in [1.165, 1.54) is 0 Å². The van der Waals surface area contributed by atoms with Crippen LogP contribution >= 0.6 is 0 Å². The van der Waals surface area contributed by atoms with Crippen LogP contribution in [-0.4, -0.2) is 36.3 Å². The van der Waals surface area contributed by atoms with Crippen molar-refractivity contribution in [1.82, 2.24) is 14.7 Å². The van der Waals surface area contributed by atoms with Gasteiger partial charge in [-0.05, 0) is 32.1 Å². The van der Waals surface area contributed by atoms with Gasteiger partial charge in [0.05, 0.1) is 11.9 Å². The number of sulfonamides is 1. The molecule has 1 aliphatic rings. The summed E-state index contributed by atoms with van der Waals surface area (Å²) in [6.07, 6.45) is 9.76. The molecule has 118 valence electrons. The third kappa shape index (κ3) is 5.59. The first-order chi connectivity index (χ1) is 10.1. The van der Waals surface area contributed by atoms with Crippen LogP contribution in [0.1, 0.15) is 45.4 Å². The topological polar surface area (TPSA) is 81.2 Å². The highest BCUT2D eigenvalue weighted by molar-refractivity contribution is 7.89. The predicted octanol–water partition coefficient (Wildman–Crippen LogP) is 1.89. The second-order valence-corrected chi connectivity index (χ2v) is 7.30. The minimum atomic E-state index is -3.13. The molecule has 0 unspecified atom stereocenters. The Morgan fingerprint density at radius 3 is 2.67 bits per heavy atom. The molecule has 2 rings (SSSR count). The van der Waals surface area contributed by atoms with Crippen molar-refractivity contribution in [2.24, 2.45) is 0 Å². The van der Waals surface area contributed by atoms with E-state index < -0.39 is 10.0 Å². The van der Waals surface area contributed by atoms with E-state index >= 15 is 0 Å². The van der Waals surface area contributed by atoms with Gasteiger partial charge in [-0.25, -0.2) is 18.1 Å². The van der Waals surface area contributed by atoms with E-state index in [4.69, 9.17) is 4.74 Å². The van der Waals surface area contributed by atoms with Gasteiger partial charge in [0.15, 0.2) is 0 Å². The molecule has 0 aromatic carbocycles. The van der Waals surface area contributed by atoms with Crippen molar-refractivity contribution in [3.8, 4) is 5.88 Å². The Morgan fingerprint density at radius 1 is 1.29 bits per heavy atom. The van der Waals surface area contributed by atoms with Gasteiger partial charge in [-0.15, -0.1) is 0 Å². The van der Waals surface area contributed by atoms with Gasteiger partial charge in [0.25, 0.3) is 0 Å². The van der Waals surface area contributed by atoms with E-state index in [0.29, 0.717) is 12.3 Å². The zero-order valence-corrected chi connectivity index (χ0v) is 13.2. The molecular formula is C14H23N3O3S. The summed E-state index contributed by atoms with van der Waals surface area (Å²) in [6.45, 7) is 1.99. The van der Waals surface area contributed by atoms with Crippen molar-refractivity contribution in [3.05, 3.63) is 18.6 Å². The Morgan fingerprint density at radius 2 is 2.05 bits per heavy atom. The van der Waals surface area contributed by atoms with Crippen LogP contribution in [0.3, 0.4) is 0 Å². The van der Waals surface area contributed by atoms with Crippen molar-refractivity contribution in [2.45, 2.75) is 57.6 Å². The summed E-state index contributed by atoms with van der Waals surface area (Å²) in [5.41, 5.74) is 0. The zero-order chi connectivity index (χ0) is 15.1. The van der Waals surface area contributed by atoms with Gasteiger partial charge < -0.3 is 4.74 Å². The van der Waals surface area contributed by atoms with Gasteiger partial charge >= 0.3 is 0 Å². The molecule has 7 heteroatoms. The molecule has 0 radical (unpaired) electrons. The first-order valence-electron chi connectivity index (χ1n) is 7.51. The molecule has 0 amide bonds. The second kappa shape index (κ2) is 7.70. The minimum absolute atomic E-state index is 0.0357. The van der Waals surface area contributed by atoms with Crippen LogP contribution < -0.4 is 9.46 Å². The standard InChI is InChI=1S/C14H23N3O3S/c1-2-3-10-21(18,19)17-12-4-6-13(7-5-12)20-14-11-15-8-9-16-14/h8-9,11-13,17H,2-7,10H2,1H3. The molecule has 0 aliphatic heterocycles. The van der Waals surface area contributed by atoms with Gasteiger partial charge in [0.2, 0.25) is 15.9 Å². The van der Waals surface area contributed by atoms with Crippen LogP contribution in [0.2, 0.25) is 0 Å². The van der Waals surface area contributed by atoms with E-state index in [1.807, 2.05) is 6.92 Å². The molecule has 1 heterocycles. The quantitative estimate of drug-likeness (QED) is 0.831. The summed E-state index contributed by atoms with van der Waals surface area (Å²) in [6, 6.07) is 0.0357. The molecule has 0 spiro atoms. The van der Waals surface area contributed by atoms with E-state index in [9.17, 15) is 8.42 Å². The van der Waals surface area contributed by atoms with E-state index in [0.717, 1.165) is 32.1 Å². The van der Waals surface area contributed by atoms with Crippen molar-refractivity contribution in [2.75, 3.05) is 5.75 Å². The zero-order valence-electron chi connectivity index (χ0n) is 12.4. The predicted molar refractivity (Wildman–Crippen MR) is 80.5 cm³/mol. The van der Waals surface area contributed by atoms with Gasteiger partial charge in [-0.1, -0.05) is 13.3 Å². The lowest BCUT2D eigenvalue weighted by molar-refractivity contribution is 0.138. The summed E-state index contributed by atoms with van der Waals surface area (Å²) >= 11 is 0.